The highest BCUT2D eigenvalue weighted by Gasteiger charge is 2.23. The summed E-state index contributed by atoms with van der Waals surface area (Å²) < 4.78 is 23.3. The van der Waals surface area contributed by atoms with E-state index in [0.717, 1.165) is 77.0 Å². The van der Waals surface area contributed by atoms with E-state index in [1.807, 2.05) is 27.2 Å². The number of amides is 1. The van der Waals surface area contributed by atoms with Crippen LogP contribution < -0.4 is 10.2 Å². The smallest absolute Gasteiger partial charge is 0.268 e. The molecule has 3 atom stereocenters. The van der Waals surface area contributed by atoms with Gasteiger partial charge in [-0.25, -0.2) is 0 Å². The lowest BCUT2D eigenvalue weighted by Crippen LogP contribution is -2.45. The summed E-state index contributed by atoms with van der Waals surface area (Å²) in [6.45, 7) is 4.53. The predicted octanol–water partition coefficient (Wildman–Crippen LogP) is 16.2. The highest BCUT2D eigenvalue weighted by molar-refractivity contribution is 7.45. The van der Waals surface area contributed by atoms with Crippen LogP contribution in [0.4, 0.5) is 0 Å². The van der Waals surface area contributed by atoms with Gasteiger partial charge in [-0.05, 0) is 70.6 Å². The van der Waals surface area contributed by atoms with Gasteiger partial charge in [0, 0.05) is 6.42 Å². The minimum Gasteiger partial charge on any atom is -0.756 e. The van der Waals surface area contributed by atoms with Crippen molar-refractivity contribution in [1.29, 1.82) is 0 Å². The average Bonchev–Trinajstić information content (AvgIpc) is 3.30. The number of nitrogens with zero attached hydrogens (tertiary/aromatic N) is 1. The average molecular weight is 971 g/mol. The van der Waals surface area contributed by atoms with Crippen molar-refractivity contribution in [3.8, 4) is 0 Å². The number of unbranched alkanes of at least 4 members (excludes halogenated alkanes) is 25. The Morgan fingerprint density at radius 1 is 0.529 bits per heavy atom. The maximum Gasteiger partial charge on any atom is 0.268 e. The Bertz CT molecular complexity index is 1380. The molecule has 2 N–H and O–H groups in total. The van der Waals surface area contributed by atoms with Gasteiger partial charge in [0.15, 0.2) is 0 Å². The lowest BCUT2D eigenvalue weighted by atomic mass is 10.0. The van der Waals surface area contributed by atoms with Gasteiger partial charge in [0.2, 0.25) is 5.91 Å². The van der Waals surface area contributed by atoms with E-state index in [9.17, 15) is 19.4 Å². The molecule has 0 aromatic rings. The predicted molar refractivity (Wildman–Crippen MR) is 293 cm³/mol. The highest BCUT2D eigenvalue weighted by atomic mass is 31.2. The van der Waals surface area contributed by atoms with Crippen molar-refractivity contribution in [2.24, 2.45) is 0 Å². The van der Waals surface area contributed by atoms with Gasteiger partial charge in [-0.15, -0.1) is 0 Å². The third-order valence-corrected chi connectivity index (χ3v) is 13.1. The van der Waals surface area contributed by atoms with Crippen molar-refractivity contribution in [2.75, 3.05) is 40.9 Å². The van der Waals surface area contributed by atoms with E-state index >= 15 is 0 Å². The van der Waals surface area contributed by atoms with Gasteiger partial charge in [0.1, 0.15) is 13.2 Å². The first kappa shape index (κ1) is 65.7. The first-order chi connectivity index (χ1) is 33.0. The van der Waals surface area contributed by atoms with Crippen LogP contribution in [0.2, 0.25) is 0 Å². The van der Waals surface area contributed by atoms with Gasteiger partial charge in [-0.2, -0.15) is 0 Å². The summed E-state index contributed by atoms with van der Waals surface area (Å²) in [5, 5.41) is 13.9. The summed E-state index contributed by atoms with van der Waals surface area (Å²) in [7, 11) is 1.25. The Hall–Kier alpha value is -2.32. The topological polar surface area (TPSA) is 108 Å². The molecule has 0 bridgehead atoms. The number of likely N-dealkylation sites (N-methyl/N-ethyl adjacent to an activating group) is 1. The number of carbonyl (C=O) groups is 1. The molecule has 0 aromatic carbocycles. The van der Waals surface area contributed by atoms with Gasteiger partial charge in [0.25, 0.3) is 7.82 Å². The fourth-order valence-electron chi connectivity index (χ4n) is 7.74. The zero-order chi connectivity index (χ0) is 49.9. The number of hydrogen-bond donors (Lipinski definition) is 2. The van der Waals surface area contributed by atoms with Crippen molar-refractivity contribution >= 4 is 13.7 Å². The molecule has 0 radical (unpaired) electrons. The molecular weight excluding hydrogens is 864 g/mol. The number of allylic oxidation sites excluding steroid dienone is 13. The van der Waals surface area contributed by atoms with Crippen molar-refractivity contribution in [3.05, 3.63) is 85.1 Å². The summed E-state index contributed by atoms with van der Waals surface area (Å²) >= 11 is 0. The molecule has 0 aliphatic carbocycles. The third kappa shape index (κ3) is 51.5. The Morgan fingerprint density at radius 2 is 0.897 bits per heavy atom. The SMILES string of the molecule is CC/C=C\C/C=C\C/C=C\C/C=C\C/C=C\C/C=C\CCCCCCCCCCCCCCC(=O)NC(COP(=O)([O-])OCC[N+](C)(C)C)C(O)/C=C/CCCCCCCCCCCCCCC. The van der Waals surface area contributed by atoms with E-state index < -0.39 is 20.0 Å². The van der Waals surface area contributed by atoms with Gasteiger partial charge in [-0.1, -0.05) is 240 Å². The van der Waals surface area contributed by atoms with Gasteiger partial charge in [0.05, 0.1) is 39.9 Å². The van der Waals surface area contributed by atoms with Crippen molar-refractivity contribution in [3.63, 3.8) is 0 Å². The molecule has 394 valence electrons. The minimum atomic E-state index is -4.60. The minimum absolute atomic E-state index is 0.00424. The lowest BCUT2D eigenvalue weighted by molar-refractivity contribution is -0.870. The van der Waals surface area contributed by atoms with Crippen molar-refractivity contribution < 1.29 is 32.9 Å². The monoisotopic (exact) mass is 971 g/mol. The Morgan fingerprint density at radius 3 is 1.31 bits per heavy atom. The zero-order valence-electron chi connectivity index (χ0n) is 44.8. The summed E-state index contributed by atoms with van der Waals surface area (Å²) in [6.07, 6.45) is 69.3. The number of hydrogen-bond acceptors (Lipinski definition) is 6. The second-order valence-corrected chi connectivity index (χ2v) is 21.3. The Kier molecular flexibility index (Phi) is 48.0. The van der Waals surface area contributed by atoms with E-state index in [4.69, 9.17) is 9.05 Å². The van der Waals surface area contributed by atoms with E-state index in [2.05, 4.69) is 92.1 Å². The van der Waals surface area contributed by atoms with Gasteiger partial charge >= 0.3 is 0 Å². The number of carbonyl (C=O) groups excluding carboxylic acids is 1. The number of aliphatic hydroxyl groups is 1. The normalized spacial score (nSPS) is 14.6. The second kappa shape index (κ2) is 49.7. The quantitative estimate of drug-likeness (QED) is 0.0272. The molecular formula is C59H107N2O6P. The molecule has 0 fully saturated rings. The van der Waals surface area contributed by atoms with Crippen LogP contribution in [0, 0.1) is 0 Å². The summed E-state index contributed by atoms with van der Waals surface area (Å²) in [4.78, 5) is 25.5. The zero-order valence-corrected chi connectivity index (χ0v) is 45.7. The third-order valence-electron chi connectivity index (χ3n) is 12.1. The molecule has 0 aliphatic heterocycles. The number of aliphatic hydroxyl groups excluding tert-OH is 1. The van der Waals surface area contributed by atoms with Crippen LogP contribution in [0.15, 0.2) is 85.1 Å². The van der Waals surface area contributed by atoms with E-state index in [1.165, 1.54) is 135 Å². The molecule has 0 aromatic heterocycles. The Balaban J connectivity index is 4.17. The van der Waals surface area contributed by atoms with E-state index in [0.29, 0.717) is 17.4 Å². The number of nitrogens with one attached hydrogen (secondary N) is 1. The van der Waals surface area contributed by atoms with Crippen LogP contribution in [0.1, 0.15) is 232 Å². The number of rotatable bonds is 50. The summed E-state index contributed by atoms with van der Waals surface area (Å²) in [5.74, 6) is -0.202. The maximum absolute atomic E-state index is 12.9. The number of phosphoric ester groups is 1. The summed E-state index contributed by atoms with van der Waals surface area (Å²) in [5.41, 5.74) is 0. The largest absolute Gasteiger partial charge is 0.756 e. The van der Waals surface area contributed by atoms with Crippen LogP contribution >= 0.6 is 7.82 Å². The van der Waals surface area contributed by atoms with Crippen molar-refractivity contribution in [2.45, 2.75) is 244 Å². The standard InChI is InChI=1S/C59H107N2O6P/c1-6-8-10-12-14-16-18-20-22-23-24-25-26-27-28-29-30-31-32-33-34-35-36-37-39-41-43-45-47-49-51-53-59(63)60-57(56-67-68(64,65)66-55-54-61(3,4)5)58(62)52-50-48-46-44-42-40-38-21-19-17-15-13-11-9-7-2/h8,10,14,16,20,22,24-25,27-28,30-31,50,52,57-58,62H,6-7,9,11-13,15,17-19,21,23,26,29,32-49,51,53-56H2,1-5H3,(H-,60,63,64,65)/b10-8-,16-14-,22-20-,25-24-,28-27-,31-30-,52-50+. The molecule has 68 heavy (non-hydrogen) atoms. The molecule has 8 nitrogen and oxygen atoms in total. The van der Waals surface area contributed by atoms with E-state index in [1.54, 1.807) is 6.08 Å². The number of quaternary nitrogens is 1. The highest BCUT2D eigenvalue weighted by Crippen LogP contribution is 2.38. The van der Waals surface area contributed by atoms with Gasteiger partial charge < -0.3 is 28.8 Å². The first-order valence-electron chi connectivity index (χ1n) is 27.9. The van der Waals surface area contributed by atoms with Crippen LogP contribution in [0.25, 0.3) is 0 Å². The Labute approximate surface area is 420 Å². The molecule has 0 spiro atoms. The molecule has 1 amide bonds. The van der Waals surface area contributed by atoms with Crippen LogP contribution in [-0.4, -0.2) is 68.5 Å². The molecule has 3 unspecified atom stereocenters. The fraction of sp³-hybridized carbons (Fsp3) is 0.746. The van der Waals surface area contributed by atoms with Crippen LogP contribution in [-0.2, 0) is 18.4 Å². The van der Waals surface area contributed by atoms with Crippen molar-refractivity contribution in [1.82, 2.24) is 5.32 Å². The molecule has 0 rings (SSSR count). The van der Waals surface area contributed by atoms with Crippen LogP contribution in [0.5, 0.6) is 0 Å². The molecule has 0 heterocycles. The number of phosphoric acid groups is 1. The summed E-state index contributed by atoms with van der Waals surface area (Å²) in [6, 6.07) is -0.891. The van der Waals surface area contributed by atoms with E-state index in [-0.39, 0.29) is 19.1 Å². The van der Waals surface area contributed by atoms with Crippen LogP contribution in [0.3, 0.4) is 0 Å². The van der Waals surface area contributed by atoms with Gasteiger partial charge in [-0.3, -0.25) is 9.36 Å². The lowest BCUT2D eigenvalue weighted by Gasteiger charge is -2.29. The fourth-order valence-corrected chi connectivity index (χ4v) is 8.47. The molecule has 0 aliphatic rings. The molecule has 0 saturated heterocycles. The maximum atomic E-state index is 12.9. The molecule has 9 heteroatoms. The first-order valence-corrected chi connectivity index (χ1v) is 29.4. The second-order valence-electron chi connectivity index (χ2n) is 19.9. The molecule has 0 saturated carbocycles.